The Morgan fingerprint density at radius 2 is 0.699 bits per heavy atom. The molecule has 0 saturated carbocycles. The largest absolute Gasteiger partial charge is 0.456 e. The molecule has 0 aliphatic carbocycles. The molecule has 0 atom stereocenters. The highest BCUT2D eigenvalue weighted by Gasteiger charge is 2.23. The maximum absolute atomic E-state index is 6.87. The molecule has 0 amide bonds. The summed E-state index contributed by atoms with van der Waals surface area (Å²) >= 11 is 0. The second-order valence-corrected chi connectivity index (χ2v) is 22.7. The van der Waals surface area contributed by atoms with E-state index in [4.69, 9.17) is 4.42 Å². The van der Waals surface area contributed by atoms with Gasteiger partial charge in [-0.15, -0.1) is 0 Å². The van der Waals surface area contributed by atoms with E-state index in [1.807, 2.05) is 0 Å². The van der Waals surface area contributed by atoms with Gasteiger partial charge in [0, 0.05) is 44.6 Å². The fourth-order valence-corrected chi connectivity index (χ4v) is 10.5. The fraction of sp³-hybridized carbons (Fsp3) is 0.200. The summed E-state index contributed by atoms with van der Waals surface area (Å²) in [6.45, 7) is 22.6. The molecule has 0 radical (unpaired) electrons. The van der Waals surface area contributed by atoms with E-state index in [9.17, 15) is 0 Å². The fourth-order valence-electron chi connectivity index (χ4n) is 10.5. The van der Waals surface area contributed by atoms with E-state index in [1.54, 1.807) is 0 Å². The van der Waals surface area contributed by atoms with Crippen LogP contribution in [0.4, 0.5) is 34.1 Å². The lowest BCUT2D eigenvalue weighted by Crippen LogP contribution is -2.14. The molecule has 0 fully saturated rings. The molecule has 0 bridgehead atoms. The number of benzene rings is 10. The minimum Gasteiger partial charge on any atom is -0.456 e. The van der Waals surface area contributed by atoms with Gasteiger partial charge in [0.1, 0.15) is 11.2 Å². The van der Waals surface area contributed by atoms with E-state index in [2.05, 4.69) is 285 Å². The number of hydrogen-bond acceptors (Lipinski definition) is 3. The van der Waals surface area contributed by atoms with Crippen molar-refractivity contribution in [2.45, 2.75) is 91.9 Å². The van der Waals surface area contributed by atoms with Gasteiger partial charge in [-0.1, -0.05) is 191 Å². The van der Waals surface area contributed by atoms with Crippen LogP contribution in [-0.2, 0) is 10.8 Å². The molecule has 0 N–H and O–H groups in total. The van der Waals surface area contributed by atoms with Gasteiger partial charge in [0.2, 0.25) is 0 Å². The Hall–Kier alpha value is -7.88. The van der Waals surface area contributed by atoms with Gasteiger partial charge in [-0.3, -0.25) is 0 Å². The third-order valence-electron chi connectivity index (χ3n) is 14.9. The molecule has 0 saturated heterocycles. The quantitative estimate of drug-likeness (QED) is 0.136. The summed E-state index contributed by atoms with van der Waals surface area (Å²) in [5, 5.41) is 6.81. The first-order valence-electron chi connectivity index (χ1n) is 26.1. The Bertz CT molecular complexity index is 3790. The predicted molar refractivity (Wildman–Crippen MR) is 315 cm³/mol. The van der Waals surface area contributed by atoms with E-state index in [1.165, 1.54) is 55.3 Å². The van der Waals surface area contributed by atoms with Crippen molar-refractivity contribution in [3.63, 3.8) is 0 Å². The topological polar surface area (TPSA) is 19.6 Å². The normalized spacial score (nSPS) is 12.2. The van der Waals surface area contributed by atoms with Crippen LogP contribution in [0.3, 0.4) is 0 Å². The Morgan fingerprint density at radius 1 is 0.342 bits per heavy atom. The average molecular weight is 951 g/mol. The lowest BCUT2D eigenvalue weighted by molar-refractivity contribution is 0.590. The van der Waals surface area contributed by atoms with Crippen LogP contribution in [0.25, 0.3) is 65.7 Å². The molecule has 0 spiro atoms. The van der Waals surface area contributed by atoms with Gasteiger partial charge in [-0.05, 0) is 163 Å². The molecular formula is C70H66N2O. The lowest BCUT2D eigenvalue weighted by atomic mass is 9.86. The number of nitrogens with zero attached hydrogens (tertiary/aromatic N) is 2. The summed E-state index contributed by atoms with van der Waals surface area (Å²) in [4.78, 5) is 4.82. The minimum atomic E-state index is 0.0402. The smallest absolute Gasteiger partial charge is 0.136 e. The monoisotopic (exact) mass is 951 g/mol. The second kappa shape index (κ2) is 18.6. The van der Waals surface area contributed by atoms with Crippen molar-refractivity contribution < 1.29 is 4.42 Å². The number of anilines is 6. The Kier molecular flexibility index (Phi) is 12.1. The van der Waals surface area contributed by atoms with Crippen molar-refractivity contribution in [2.75, 3.05) is 9.80 Å². The molecule has 0 unspecified atom stereocenters. The second-order valence-electron chi connectivity index (χ2n) is 22.7. The van der Waals surface area contributed by atoms with Crippen molar-refractivity contribution in [1.29, 1.82) is 0 Å². The average Bonchev–Trinajstić information content (AvgIpc) is 3.73. The zero-order chi connectivity index (χ0) is 50.8. The van der Waals surface area contributed by atoms with Gasteiger partial charge < -0.3 is 14.2 Å². The van der Waals surface area contributed by atoms with Crippen LogP contribution in [0.1, 0.15) is 103 Å². The number of hydrogen-bond donors (Lipinski definition) is 0. The maximum atomic E-state index is 6.87. The molecule has 11 aromatic rings. The molecule has 3 heteroatoms. The van der Waals surface area contributed by atoms with Crippen LogP contribution in [0, 0.1) is 0 Å². The maximum Gasteiger partial charge on any atom is 0.136 e. The van der Waals surface area contributed by atoms with Gasteiger partial charge in [-0.25, -0.2) is 0 Å². The van der Waals surface area contributed by atoms with Crippen molar-refractivity contribution in [2.24, 2.45) is 0 Å². The predicted octanol–water partition coefficient (Wildman–Crippen LogP) is 21.0. The number of para-hydroxylation sites is 2. The van der Waals surface area contributed by atoms with Crippen molar-refractivity contribution >= 4 is 77.6 Å². The van der Waals surface area contributed by atoms with Crippen LogP contribution in [-0.4, -0.2) is 0 Å². The summed E-state index contributed by atoms with van der Waals surface area (Å²) in [5.74, 6) is 0.912. The van der Waals surface area contributed by atoms with Gasteiger partial charge >= 0.3 is 0 Å². The highest BCUT2D eigenvalue weighted by Crippen LogP contribution is 2.46. The summed E-state index contributed by atoms with van der Waals surface area (Å²) in [5.41, 5.74) is 18.6. The zero-order valence-corrected chi connectivity index (χ0v) is 44.1. The molecule has 11 rings (SSSR count). The molecular weight excluding hydrogens is 885 g/mol. The number of fused-ring (bicyclic) bond motifs is 5. The minimum absolute atomic E-state index is 0.0402. The zero-order valence-electron chi connectivity index (χ0n) is 44.1. The first-order chi connectivity index (χ1) is 35.1. The van der Waals surface area contributed by atoms with Crippen molar-refractivity contribution in [1.82, 2.24) is 0 Å². The molecule has 0 aliphatic heterocycles. The van der Waals surface area contributed by atoms with Crippen LogP contribution < -0.4 is 9.80 Å². The third kappa shape index (κ3) is 9.19. The van der Waals surface area contributed by atoms with E-state index in [0.717, 1.165) is 66.8 Å². The van der Waals surface area contributed by atoms with Crippen LogP contribution in [0.5, 0.6) is 0 Å². The Balaban J connectivity index is 1.01. The summed E-state index contributed by atoms with van der Waals surface area (Å²) < 4.78 is 6.87. The van der Waals surface area contributed by atoms with Gasteiger partial charge in [0.25, 0.3) is 0 Å². The molecule has 3 nitrogen and oxygen atoms in total. The first kappa shape index (κ1) is 47.4. The summed E-state index contributed by atoms with van der Waals surface area (Å²) in [6, 6.07) is 76.7. The van der Waals surface area contributed by atoms with E-state index >= 15 is 0 Å². The Morgan fingerprint density at radius 3 is 1.11 bits per heavy atom. The standard InChI is InChI=1S/C70H66N2O/c1-45(2)47-19-21-49(22-20-47)61-15-11-13-17-65(61)71(57-33-25-48(26-34-57)46(3)4)59-35-27-51-41-63-64-42-52-28-36-60(40-54(52)44-68(64)73-67(63)43-53(51)39-59)72(58-37-31-56(32-38-58)70(8,9)10)66-18-14-12-16-62(66)50-23-29-55(30-24-50)69(5,6)7/h11-46H,1-10H3. The van der Waals surface area contributed by atoms with Crippen LogP contribution >= 0.6 is 0 Å². The highest BCUT2D eigenvalue weighted by molar-refractivity contribution is 6.14. The van der Waals surface area contributed by atoms with Crippen molar-refractivity contribution in [3.8, 4) is 22.3 Å². The van der Waals surface area contributed by atoms with Gasteiger partial charge in [0.05, 0.1) is 11.4 Å². The molecule has 362 valence electrons. The third-order valence-corrected chi connectivity index (χ3v) is 14.9. The molecule has 73 heavy (non-hydrogen) atoms. The summed E-state index contributed by atoms with van der Waals surface area (Å²) in [6.07, 6.45) is 0. The summed E-state index contributed by atoms with van der Waals surface area (Å²) in [7, 11) is 0. The van der Waals surface area contributed by atoms with Crippen LogP contribution in [0.2, 0.25) is 0 Å². The number of furan rings is 1. The van der Waals surface area contributed by atoms with E-state index in [0.29, 0.717) is 11.8 Å². The SMILES string of the molecule is CC(C)c1ccc(-c2ccccc2N(c2ccc(C(C)C)cc2)c2ccc3cc4c(cc3c2)oc2cc3cc(N(c5ccc(C(C)(C)C)cc5)c5ccccc5-c5ccc(C(C)(C)C)cc5)ccc3cc24)cc1. The van der Waals surface area contributed by atoms with Crippen molar-refractivity contribution in [3.05, 3.63) is 229 Å². The van der Waals surface area contributed by atoms with Crippen LogP contribution in [0.15, 0.2) is 211 Å². The lowest BCUT2D eigenvalue weighted by Gasteiger charge is -2.29. The Labute approximate surface area is 432 Å². The molecule has 1 heterocycles. The van der Waals surface area contributed by atoms with E-state index < -0.39 is 0 Å². The first-order valence-corrected chi connectivity index (χ1v) is 26.1. The highest BCUT2D eigenvalue weighted by atomic mass is 16.3. The van der Waals surface area contributed by atoms with Gasteiger partial charge in [0.15, 0.2) is 0 Å². The molecule has 1 aromatic heterocycles. The molecule has 10 aromatic carbocycles. The van der Waals surface area contributed by atoms with Gasteiger partial charge in [-0.2, -0.15) is 0 Å². The molecule has 0 aliphatic rings. The number of rotatable bonds is 10. The van der Waals surface area contributed by atoms with E-state index in [-0.39, 0.29) is 10.8 Å².